The molecule has 2 aromatic carbocycles. The summed E-state index contributed by atoms with van der Waals surface area (Å²) in [7, 11) is -4.49. The van der Waals surface area contributed by atoms with E-state index in [4.69, 9.17) is 0 Å². The highest BCUT2D eigenvalue weighted by molar-refractivity contribution is 7.92. The van der Waals surface area contributed by atoms with Gasteiger partial charge in [0.1, 0.15) is 0 Å². The van der Waals surface area contributed by atoms with Crippen LogP contribution < -0.4 is 0 Å². The van der Waals surface area contributed by atoms with Crippen molar-refractivity contribution in [2.75, 3.05) is 26.2 Å². The molecule has 2 aliphatic heterocycles. The highest BCUT2D eigenvalue weighted by Crippen LogP contribution is 2.35. The van der Waals surface area contributed by atoms with Crippen LogP contribution in [0.5, 0.6) is 0 Å². The summed E-state index contributed by atoms with van der Waals surface area (Å²) in [5.41, 5.74) is 2.27. The van der Waals surface area contributed by atoms with Crippen molar-refractivity contribution < 1.29 is 18.5 Å². The quantitative estimate of drug-likeness (QED) is 0.696. The van der Waals surface area contributed by atoms with E-state index >= 15 is 0 Å². The lowest BCUT2D eigenvalue weighted by Gasteiger charge is -2.32. The Morgan fingerprint density at radius 1 is 0.903 bits per heavy atom. The van der Waals surface area contributed by atoms with Gasteiger partial charge in [-0.2, -0.15) is 0 Å². The number of hydrogen-bond acceptors (Lipinski definition) is 6. The number of nitrogens with zero attached hydrogens (tertiary/aromatic N) is 2. The van der Waals surface area contributed by atoms with Crippen LogP contribution in [0.15, 0.2) is 47.4 Å². The maximum absolute atomic E-state index is 13.6. The minimum absolute atomic E-state index is 0.407. The molecule has 9 heteroatoms. The van der Waals surface area contributed by atoms with Crippen molar-refractivity contribution in [1.29, 1.82) is 0 Å². The van der Waals surface area contributed by atoms with Gasteiger partial charge in [0.25, 0.3) is 0 Å². The Balaban J connectivity index is 1.68. The van der Waals surface area contributed by atoms with Gasteiger partial charge in [0, 0.05) is 11.9 Å². The smallest absolute Gasteiger partial charge is 0.376 e. The van der Waals surface area contributed by atoms with Crippen LogP contribution in [-0.2, 0) is 9.84 Å². The second-order valence-corrected chi connectivity index (χ2v) is 10.9. The molecule has 0 spiro atoms. The van der Waals surface area contributed by atoms with Gasteiger partial charge < -0.3 is 19.7 Å². The summed E-state index contributed by atoms with van der Waals surface area (Å²) in [4.78, 5) is 4.33. The summed E-state index contributed by atoms with van der Waals surface area (Å²) in [6.45, 7) is 6.14. The molecule has 0 aromatic heterocycles. The fraction of sp³-hybridized carbons (Fsp3) is 0.455. The predicted octanol–water partition coefficient (Wildman–Crippen LogP) is 2.39. The van der Waals surface area contributed by atoms with Gasteiger partial charge in [-0.3, -0.25) is 0 Å². The number of sulfone groups is 1. The van der Waals surface area contributed by atoms with Crippen LogP contribution in [-0.4, -0.2) is 73.6 Å². The van der Waals surface area contributed by atoms with E-state index in [1.54, 1.807) is 19.7 Å². The summed E-state index contributed by atoms with van der Waals surface area (Å²) in [6, 6.07) is 11.5. The molecule has 0 aliphatic carbocycles. The first-order valence-corrected chi connectivity index (χ1v) is 12.6. The Kier molecular flexibility index (Phi) is 6.60. The normalized spacial score (nSPS) is 19.4. The van der Waals surface area contributed by atoms with E-state index < -0.39 is 29.2 Å². The molecule has 4 rings (SSSR count). The van der Waals surface area contributed by atoms with Gasteiger partial charge in [0.15, 0.2) is 9.84 Å². The first kappa shape index (κ1) is 22.6. The van der Waals surface area contributed by atoms with Crippen LogP contribution in [0.2, 0.25) is 13.6 Å². The standard InChI is InChI=1S/C22H30B2N2O4S/c1-23(27)25-13-9-17(10-14-25)19-7-8-22(21-6-4-3-5-20(19)21)31(29,30)18-11-15-26(16-12-18)24(2)28/h3-9,18,27-28H,10-16H2,1-2H3. The zero-order valence-electron chi connectivity index (χ0n) is 18.2. The average Bonchev–Trinajstić information content (AvgIpc) is 2.78. The van der Waals surface area contributed by atoms with Crippen molar-refractivity contribution in [3.63, 3.8) is 0 Å². The van der Waals surface area contributed by atoms with E-state index in [1.807, 2.05) is 40.0 Å². The van der Waals surface area contributed by atoms with Gasteiger partial charge in [-0.05, 0) is 75.1 Å². The summed E-state index contributed by atoms with van der Waals surface area (Å²) in [5.74, 6) is 0. The second kappa shape index (κ2) is 9.08. The molecule has 0 amide bonds. The summed E-state index contributed by atoms with van der Waals surface area (Å²) in [5, 5.41) is 20.9. The molecule has 0 bridgehead atoms. The van der Waals surface area contributed by atoms with Gasteiger partial charge >= 0.3 is 14.1 Å². The van der Waals surface area contributed by atoms with Crippen molar-refractivity contribution in [3.05, 3.63) is 48.0 Å². The minimum Gasteiger partial charge on any atom is -0.437 e. The molecule has 1 saturated heterocycles. The van der Waals surface area contributed by atoms with Crippen molar-refractivity contribution in [2.24, 2.45) is 0 Å². The molecular weight excluding hydrogens is 410 g/mol. The highest BCUT2D eigenvalue weighted by Gasteiger charge is 2.34. The zero-order valence-corrected chi connectivity index (χ0v) is 19.1. The second-order valence-electron chi connectivity index (χ2n) is 8.68. The van der Waals surface area contributed by atoms with E-state index in [1.165, 1.54) is 5.57 Å². The molecule has 31 heavy (non-hydrogen) atoms. The Labute approximate surface area is 185 Å². The molecule has 2 aliphatic rings. The lowest BCUT2D eigenvalue weighted by Crippen LogP contribution is -2.45. The van der Waals surface area contributed by atoms with E-state index in [0.29, 0.717) is 37.4 Å². The van der Waals surface area contributed by atoms with E-state index in [-0.39, 0.29) is 0 Å². The van der Waals surface area contributed by atoms with Crippen LogP contribution in [0.4, 0.5) is 0 Å². The van der Waals surface area contributed by atoms with Crippen LogP contribution in [0.25, 0.3) is 16.3 Å². The minimum atomic E-state index is -3.47. The van der Waals surface area contributed by atoms with E-state index in [2.05, 4.69) is 6.08 Å². The average molecular weight is 440 g/mol. The maximum Gasteiger partial charge on any atom is 0.376 e. The lowest BCUT2D eigenvalue weighted by molar-refractivity contribution is 0.311. The van der Waals surface area contributed by atoms with Crippen molar-refractivity contribution in [1.82, 2.24) is 9.62 Å². The fourth-order valence-corrected chi connectivity index (χ4v) is 6.74. The third-order valence-corrected chi connectivity index (χ3v) is 9.07. The molecule has 164 valence electrons. The molecule has 0 unspecified atom stereocenters. The number of piperidine rings is 1. The van der Waals surface area contributed by atoms with Crippen LogP contribution >= 0.6 is 0 Å². The van der Waals surface area contributed by atoms with Gasteiger partial charge in [-0.15, -0.1) is 0 Å². The van der Waals surface area contributed by atoms with Gasteiger partial charge in [-0.1, -0.05) is 36.4 Å². The molecule has 2 N–H and O–H groups in total. The van der Waals surface area contributed by atoms with Gasteiger partial charge in [0.2, 0.25) is 0 Å². The molecule has 1 fully saturated rings. The maximum atomic E-state index is 13.6. The monoisotopic (exact) mass is 440 g/mol. The summed E-state index contributed by atoms with van der Waals surface area (Å²) in [6.07, 6.45) is 4.02. The molecule has 0 radical (unpaired) electrons. The first-order valence-electron chi connectivity index (χ1n) is 11.1. The fourth-order valence-electron chi connectivity index (χ4n) is 4.81. The zero-order chi connectivity index (χ0) is 22.2. The molecule has 6 nitrogen and oxygen atoms in total. The number of fused-ring (bicyclic) bond motifs is 1. The largest absolute Gasteiger partial charge is 0.437 e. The van der Waals surface area contributed by atoms with Gasteiger partial charge in [-0.25, -0.2) is 8.42 Å². The Morgan fingerprint density at radius 2 is 1.55 bits per heavy atom. The highest BCUT2D eigenvalue weighted by atomic mass is 32.2. The predicted molar refractivity (Wildman–Crippen MR) is 128 cm³/mol. The van der Waals surface area contributed by atoms with Crippen LogP contribution in [0.1, 0.15) is 24.8 Å². The SMILES string of the molecule is CB(O)N1CC=C(c2ccc(S(=O)(=O)C3CCN(B(C)O)CC3)c3ccccc23)CC1. The molecule has 2 heterocycles. The first-order chi connectivity index (χ1) is 14.8. The Bertz CT molecular complexity index is 1080. The van der Waals surface area contributed by atoms with Crippen molar-refractivity contribution >= 4 is 40.3 Å². The summed E-state index contributed by atoms with van der Waals surface area (Å²) >= 11 is 0. The molecule has 0 atom stereocenters. The number of benzene rings is 2. The third-order valence-electron chi connectivity index (χ3n) is 6.75. The molecular formula is C22H30B2N2O4S. The van der Waals surface area contributed by atoms with Crippen LogP contribution in [0, 0.1) is 0 Å². The van der Waals surface area contributed by atoms with E-state index in [0.717, 1.165) is 29.3 Å². The van der Waals surface area contributed by atoms with Crippen molar-refractivity contribution in [3.8, 4) is 0 Å². The number of rotatable bonds is 5. The Hall–Kier alpha value is -1.64. The topological polar surface area (TPSA) is 81.1 Å². The van der Waals surface area contributed by atoms with Crippen molar-refractivity contribution in [2.45, 2.75) is 43.1 Å². The van der Waals surface area contributed by atoms with E-state index in [9.17, 15) is 18.5 Å². The molecule has 0 saturated carbocycles. The van der Waals surface area contributed by atoms with Gasteiger partial charge in [0.05, 0.1) is 10.1 Å². The third kappa shape index (κ3) is 4.47. The Morgan fingerprint density at radius 3 is 2.13 bits per heavy atom. The molecule has 2 aromatic rings. The van der Waals surface area contributed by atoms with Crippen LogP contribution in [0.3, 0.4) is 0 Å². The number of hydrogen-bond donors (Lipinski definition) is 2. The lowest BCUT2D eigenvalue weighted by atomic mass is 9.82. The summed E-state index contributed by atoms with van der Waals surface area (Å²) < 4.78 is 27.1.